The zero-order valence-electron chi connectivity index (χ0n) is 18.2. The van der Waals surface area contributed by atoms with Crippen molar-refractivity contribution in [3.8, 4) is 0 Å². The SMILES string of the molecule is CN1CC2(c3cc(Cl)cc(Cl)c31)C1C(=O)N(c3cc(Cl)cc(Cl)c3)C(=O)C1C1CC(=C(F)F)CN12. The van der Waals surface area contributed by atoms with E-state index in [1.54, 1.807) is 12.1 Å². The van der Waals surface area contributed by atoms with E-state index < -0.39 is 41.3 Å². The first-order valence-electron chi connectivity index (χ1n) is 10.9. The van der Waals surface area contributed by atoms with E-state index in [0.717, 1.165) is 4.90 Å². The van der Waals surface area contributed by atoms with Crippen LogP contribution in [0.2, 0.25) is 20.1 Å². The Hall–Kier alpha value is -1.90. The molecule has 6 rings (SSSR count). The molecule has 0 radical (unpaired) electrons. The van der Waals surface area contributed by atoms with Crippen LogP contribution in [-0.4, -0.2) is 42.9 Å². The molecule has 3 fully saturated rings. The molecule has 0 aromatic heterocycles. The van der Waals surface area contributed by atoms with Crippen LogP contribution in [-0.2, 0) is 15.1 Å². The molecule has 0 N–H and O–H groups in total. The maximum Gasteiger partial charge on any atom is 0.270 e. The summed E-state index contributed by atoms with van der Waals surface area (Å²) in [6, 6.07) is 7.27. The lowest BCUT2D eigenvalue weighted by molar-refractivity contribution is -0.124. The van der Waals surface area contributed by atoms with Gasteiger partial charge in [-0.2, -0.15) is 8.78 Å². The first kappa shape index (κ1) is 23.5. The van der Waals surface area contributed by atoms with Gasteiger partial charge in [0.05, 0.1) is 33.8 Å². The lowest BCUT2D eigenvalue weighted by Crippen LogP contribution is -2.52. The Morgan fingerprint density at radius 3 is 2.29 bits per heavy atom. The average Bonchev–Trinajstić information content (AvgIpc) is 3.43. The molecule has 0 bridgehead atoms. The summed E-state index contributed by atoms with van der Waals surface area (Å²) in [6.45, 7) is 0.255. The maximum atomic E-state index is 14.1. The normalized spacial score (nSPS) is 29.5. The molecule has 4 heterocycles. The molecule has 1 spiro atoms. The predicted octanol–water partition coefficient (Wildman–Crippen LogP) is 5.99. The number of likely N-dealkylation sites (N-methyl/N-ethyl adjacent to an activating group) is 1. The number of carbonyl (C=O) groups is 2. The number of hydrogen-bond donors (Lipinski definition) is 0. The number of fused-ring (bicyclic) bond motifs is 7. The number of amides is 2. The van der Waals surface area contributed by atoms with Crippen molar-refractivity contribution in [2.24, 2.45) is 11.8 Å². The molecule has 182 valence electrons. The van der Waals surface area contributed by atoms with E-state index in [9.17, 15) is 18.4 Å². The highest BCUT2D eigenvalue weighted by Crippen LogP contribution is 2.63. The van der Waals surface area contributed by atoms with Crippen LogP contribution in [0.5, 0.6) is 0 Å². The molecule has 2 aromatic rings. The second-order valence-electron chi connectivity index (χ2n) is 9.47. The summed E-state index contributed by atoms with van der Waals surface area (Å²) in [7, 11) is 1.83. The topological polar surface area (TPSA) is 43.9 Å². The van der Waals surface area contributed by atoms with Gasteiger partial charge in [-0.1, -0.05) is 46.4 Å². The molecule has 4 unspecified atom stereocenters. The second kappa shape index (κ2) is 7.80. The fourth-order valence-corrected chi connectivity index (χ4v) is 7.80. The van der Waals surface area contributed by atoms with Crippen LogP contribution in [0.15, 0.2) is 42.0 Å². The van der Waals surface area contributed by atoms with Crippen molar-refractivity contribution in [1.29, 1.82) is 0 Å². The molecule has 35 heavy (non-hydrogen) atoms. The lowest BCUT2D eigenvalue weighted by atomic mass is 9.75. The van der Waals surface area contributed by atoms with Crippen LogP contribution in [0, 0.1) is 11.8 Å². The zero-order chi connectivity index (χ0) is 25.0. The van der Waals surface area contributed by atoms with E-state index in [2.05, 4.69) is 0 Å². The summed E-state index contributed by atoms with van der Waals surface area (Å²) in [5.41, 5.74) is 0.520. The Bertz CT molecular complexity index is 1340. The highest BCUT2D eigenvalue weighted by molar-refractivity contribution is 6.37. The highest BCUT2D eigenvalue weighted by Gasteiger charge is 2.72. The summed E-state index contributed by atoms with van der Waals surface area (Å²) in [5, 5.41) is 1.31. The molecule has 2 aromatic carbocycles. The van der Waals surface area contributed by atoms with Crippen molar-refractivity contribution in [2.45, 2.75) is 18.0 Å². The van der Waals surface area contributed by atoms with Gasteiger partial charge in [0.1, 0.15) is 0 Å². The third-order valence-corrected chi connectivity index (χ3v) is 8.68. The molecule has 2 amide bonds. The van der Waals surface area contributed by atoms with Gasteiger partial charge in [-0.3, -0.25) is 14.5 Å². The molecule has 5 nitrogen and oxygen atoms in total. The Kier molecular flexibility index (Phi) is 5.23. The van der Waals surface area contributed by atoms with Gasteiger partial charge in [-0.15, -0.1) is 0 Å². The molecular formula is C24H17Cl4F2N3O2. The van der Waals surface area contributed by atoms with Crippen LogP contribution in [0.3, 0.4) is 0 Å². The van der Waals surface area contributed by atoms with Crippen molar-refractivity contribution in [1.82, 2.24) is 4.90 Å². The number of imide groups is 1. The smallest absolute Gasteiger partial charge is 0.270 e. The van der Waals surface area contributed by atoms with Gasteiger partial charge >= 0.3 is 0 Å². The summed E-state index contributed by atoms with van der Waals surface area (Å²) in [6.07, 6.45) is -1.75. The number of anilines is 2. The van der Waals surface area contributed by atoms with E-state index >= 15 is 0 Å². The molecule has 4 aliphatic rings. The van der Waals surface area contributed by atoms with E-state index in [1.165, 1.54) is 18.2 Å². The van der Waals surface area contributed by atoms with Crippen molar-refractivity contribution in [3.05, 3.63) is 67.6 Å². The molecule has 0 saturated carbocycles. The van der Waals surface area contributed by atoms with Crippen LogP contribution in [0.4, 0.5) is 20.2 Å². The van der Waals surface area contributed by atoms with E-state index in [-0.39, 0.29) is 34.3 Å². The van der Waals surface area contributed by atoms with Gasteiger partial charge in [-0.25, -0.2) is 4.90 Å². The fraction of sp³-hybridized carbons (Fsp3) is 0.333. The fourth-order valence-electron chi connectivity index (χ4n) is 6.65. The number of rotatable bonds is 1. The molecule has 3 saturated heterocycles. The lowest BCUT2D eigenvalue weighted by Gasteiger charge is -2.39. The van der Waals surface area contributed by atoms with Crippen LogP contribution >= 0.6 is 46.4 Å². The van der Waals surface area contributed by atoms with Crippen molar-refractivity contribution < 1.29 is 18.4 Å². The van der Waals surface area contributed by atoms with Gasteiger partial charge in [0.25, 0.3) is 6.08 Å². The summed E-state index contributed by atoms with van der Waals surface area (Å²) < 4.78 is 27.6. The first-order valence-corrected chi connectivity index (χ1v) is 12.4. The Labute approximate surface area is 219 Å². The Morgan fingerprint density at radius 1 is 0.971 bits per heavy atom. The minimum absolute atomic E-state index is 0.00174. The number of nitrogens with zero attached hydrogens (tertiary/aromatic N) is 3. The second-order valence-corrected chi connectivity index (χ2v) is 11.2. The highest BCUT2D eigenvalue weighted by atomic mass is 35.5. The Balaban J connectivity index is 1.58. The van der Waals surface area contributed by atoms with Crippen LogP contribution in [0.1, 0.15) is 12.0 Å². The minimum atomic E-state index is -1.75. The van der Waals surface area contributed by atoms with Crippen LogP contribution < -0.4 is 9.80 Å². The van der Waals surface area contributed by atoms with Gasteiger partial charge < -0.3 is 4.90 Å². The number of hydrogen-bond acceptors (Lipinski definition) is 4. The van der Waals surface area contributed by atoms with Gasteiger partial charge in [-0.05, 0) is 36.8 Å². The molecule has 0 aliphatic carbocycles. The minimum Gasteiger partial charge on any atom is -0.371 e. The van der Waals surface area contributed by atoms with Crippen molar-refractivity contribution in [3.63, 3.8) is 0 Å². The van der Waals surface area contributed by atoms with E-state index in [4.69, 9.17) is 46.4 Å². The summed E-state index contributed by atoms with van der Waals surface area (Å²) in [4.78, 5) is 32.8. The first-order chi connectivity index (χ1) is 16.5. The molecule has 11 heteroatoms. The molecule has 4 atom stereocenters. The number of halogens is 6. The Morgan fingerprint density at radius 2 is 1.63 bits per heavy atom. The molecular weight excluding hydrogens is 542 g/mol. The third-order valence-electron chi connectivity index (χ3n) is 7.74. The maximum absolute atomic E-state index is 14.1. The summed E-state index contributed by atoms with van der Waals surface area (Å²) in [5.74, 6) is -2.51. The zero-order valence-corrected chi connectivity index (χ0v) is 21.2. The van der Waals surface area contributed by atoms with Gasteiger partial charge in [0.15, 0.2) is 0 Å². The number of carbonyl (C=O) groups excluding carboxylic acids is 2. The van der Waals surface area contributed by atoms with Gasteiger partial charge in [0, 0.05) is 52.4 Å². The standard InChI is InChI=1S/C24H17Cl4F2N3O2/c1-31-9-24(15-6-13(27)7-16(28)20(15)31)19-18(17-2-10(21(29)30)8-32(17)24)22(34)33(23(19)35)14-4-11(25)3-12(26)5-14/h3-7,17-19H,2,8-9H2,1H3. The van der Waals surface area contributed by atoms with E-state index in [1.807, 2.05) is 16.8 Å². The largest absolute Gasteiger partial charge is 0.371 e. The van der Waals surface area contributed by atoms with E-state index in [0.29, 0.717) is 27.8 Å². The number of benzene rings is 2. The third kappa shape index (κ3) is 3.08. The van der Waals surface area contributed by atoms with Gasteiger partial charge in [0.2, 0.25) is 11.8 Å². The monoisotopic (exact) mass is 557 g/mol. The predicted molar refractivity (Wildman–Crippen MR) is 132 cm³/mol. The summed E-state index contributed by atoms with van der Waals surface area (Å²) >= 11 is 25.3. The van der Waals surface area contributed by atoms with Crippen LogP contribution in [0.25, 0.3) is 0 Å². The quantitative estimate of drug-likeness (QED) is 0.403. The average molecular weight is 559 g/mol. The van der Waals surface area contributed by atoms with Crippen molar-refractivity contribution in [2.75, 3.05) is 29.9 Å². The molecule has 4 aliphatic heterocycles. The van der Waals surface area contributed by atoms with Crippen molar-refractivity contribution >= 4 is 69.6 Å².